The summed E-state index contributed by atoms with van der Waals surface area (Å²) in [6, 6.07) is 11.3. The Bertz CT molecular complexity index is 446. The van der Waals surface area contributed by atoms with Crippen LogP contribution < -0.4 is 0 Å². The molecule has 20 heavy (non-hydrogen) atoms. The number of hydrogen-bond donors (Lipinski definition) is 1. The van der Waals surface area contributed by atoms with E-state index in [1.165, 1.54) is 19.4 Å². The summed E-state index contributed by atoms with van der Waals surface area (Å²) in [5.41, 5.74) is 0.247. The number of aliphatic hydroxyl groups is 1. The first kappa shape index (κ1) is 14.1. The Morgan fingerprint density at radius 1 is 1.25 bits per heavy atom. The van der Waals surface area contributed by atoms with Crippen molar-refractivity contribution in [2.45, 2.75) is 44.4 Å². The van der Waals surface area contributed by atoms with E-state index in [4.69, 9.17) is 0 Å². The number of hydrogen-bond acceptors (Lipinski definition) is 3. The van der Waals surface area contributed by atoms with Crippen LogP contribution in [-0.2, 0) is 5.60 Å². The largest absolute Gasteiger partial charge is 0.384 e. The van der Waals surface area contributed by atoms with Crippen LogP contribution in [-0.4, -0.2) is 53.2 Å². The fourth-order valence-electron chi connectivity index (χ4n) is 3.75. The van der Waals surface area contributed by atoms with Gasteiger partial charge in [-0.2, -0.15) is 0 Å². The second-order valence-electron chi connectivity index (χ2n) is 6.71. The van der Waals surface area contributed by atoms with E-state index in [1.54, 1.807) is 0 Å². The third-order valence-electron chi connectivity index (χ3n) is 4.97. The van der Waals surface area contributed by atoms with E-state index in [2.05, 4.69) is 16.7 Å². The molecule has 2 heterocycles. The minimum Gasteiger partial charge on any atom is -0.384 e. The quantitative estimate of drug-likeness (QED) is 0.914. The normalized spacial score (nSPS) is 30.9. The minimum absolute atomic E-state index is 0.527. The summed E-state index contributed by atoms with van der Waals surface area (Å²) >= 11 is 0. The van der Waals surface area contributed by atoms with E-state index in [1.807, 2.05) is 37.3 Å². The fourth-order valence-corrected chi connectivity index (χ4v) is 3.75. The summed E-state index contributed by atoms with van der Waals surface area (Å²) in [7, 11) is 0. The van der Waals surface area contributed by atoms with E-state index in [9.17, 15) is 5.11 Å². The van der Waals surface area contributed by atoms with E-state index >= 15 is 0 Å². The average Bonchev–Trinajstić information content (AvgIpc) is 2.87. The van der Waals surface area contributed by atoms with Crippen molar-refractivity contribution < 1.29 is 5.11 Å². The van der Waals surface area contributed by atoms with Gasteiger partial charge in [0.05, 0.1) is 5.60 Å². The second-order valence-corrected chi connectivity index (χ2v) is 6.71. The van der Waals surface area contributed by atoms with Crippen LogP contribution in [0.25, 0.3) is 0 Å². The van der Waals surface area contributed by atoms with Crippen molar-refractivity contribution in [3.63, 3.8) is 0 Å². The highest BCUT2D eigenvalue weighted by atomic mass is 16.3. The van der Waals surface area contributed by atoms with Crippen LogP contribution in [0.15, 0.2) is 30.3 Å². The van der Waals surface area contributed by atoms with E-state index < -0.39 is 5.60 Å². The zero-order valence-electron chi connectivity index (χ0n) is 12.6. The van der Waals surface area contributed by atoms with Gasteiger partial charge in [0.1, 0.15) is 0 Å². The monoisotopic (exact) mass is 274 g/mol. The van der Waals surface area contributed by atoms with E-state index in [0.717, 1.165) is 25.2 Å². The molecule has 110 valence electrons. The van der Waals surface area contributed by atoms with Gasteiger partial charge in [-0.3, -0.25) is 9.80 Å². The maximum atomic E-state index is 10.8. The third kappa shape index (κ3) is 2.76. The first-order chi connectivity index (χ1) is 9.56. The summed E-state index contributed by atoms with van der Waals surface area (Å²) in [4.78, 5) is 5.10. The fraction of sp³-hybridized carbons (Fsp3) is 0.647. The van der Waals surface area contributed by atoms with Crippen LogP contribution in [0.4, 0.5) is 0 Å². The van der Waals surface area contributed by atoms with Gasteiger partial charge >= 0.3 is 0 Å². The van der Waals surface area contributed by atoms with Gasteiger partial charge in [0, 0.05) is 31.7 Å². The predicted octanol–water partition coefficient (Wildman–Crippen LogP) is 2.06. The molecule has 0 amide bonds. The molecule has 3 rings (SSSR count). The Balaban J connectivity index is 1.70. The molecule has 1 aromatic rings. The Kier molecular flexibility index (Phi) is 3.85. The van der Waals surface area contributed by atoms with Crippen LogP contribution in [0, 0.1) is 0 Å². The standard InChI is InChI=1S/C17H26N2O/c1-14-11-18-10-6-9-16(18)12-19(14)13-17(2,20)15-7-4-3-5-8-15/h3-5,7-8,14,16,20H,6,9-13H2,1-2H3. The molecule has 0 aliphatic carbocycles. The molecule has 3 atom stereocenters. The number of β-amino-alcohol motifs (C(OH)–C–C–N with tert-alkyl or cyclic N) is 1. The predicted molar refractivity (Wildman–Crippen MR) is 81.6 cm³/mol. The van der Waals surface area contributed by atoms with Gasteiger partial charge in [-0.05, 0) is 38.8 Å². The van der Waals surface area contributed by atoms with Gasteiger partial charge in [-0.1, -0.05) is 30.3 Å². The van der Waals surface area contributed by atoms with Crippen LogP contribution in [0.2, 0.25) is 0 Å². The van der Waals surface area contributed by atoms with Crippen LogP contribution in [0.3, 0.4) is 0 Å². The van der Waals surface area contributed by atoms with Gasteiger partial charge in [-0.15, -0.1) is 0 Å². The van der Waals surface area contributed by atoms with Crippen molar-refractivity contribution >= 4 is 0 Å². The van der Waals surface area contributed by atoms with Gasteiger partial charge in [0.15, 0.2) is 0 Å². The van der Waals surface area contributed by atoms with E-state index in [0.29, 0.717) is 12.1 Å². The zero-order valence-corrected chi connectivity index (χ0v) is 12.6. The molecule has 0 spiro atoms. The van der Waals surface area contributed by atoms with Crippen molar-refractivity contribution in [2.24, 2.45) is 0 Å². The number of benzene rings is 1. The molecule has 1 N–H and O–H groups in total. The van der Waals surface area contributed by atoms with Gasteiger partial charge in [-0.25, -0.2) is 0 Å². The SMILES string of the molecule is CC1CN2CCCC2CN1CC(C)(O)c1ccccc1. The summed E-state index contributed by atoms with van der Waals surface area (Å²) in [6.07, 6.45) is 2.65. The summed E-state index contributed by atoms with van der Waals surface area (Å²) < 4.78 is 0. The molecule has 0 saturated carbocycles. The molecule has 2 aliphatic rings. The maximum absolute atomic E-state index is 10.8. The molecule has 0 aromatic heterocycles. The average molecular weight is 274 g/mol. The van der Waals surface area contributed by atoms with Crippen molar-refractivity contribution in [1.29, 1.82) is 0 Å². The van der Waals surface area contributed by atoms with Crippen LogP contribution >= 0.6 is 0 Å². The van der Waals surface area contributed by atoms with E-state index in [-0.39, 0.29) is 0 Å². The molecule has 2 saturated heterocycles. The molecule has 2 fully saturated rings. The van der Waals surface area contributed by atoms with Crippen molar-refractivity contribution in [3.8, 4) is 0 Å². The van der Waals surface area contributed by atoms with Crippen LogP contribution in [0.1, 0.15) is 32.3 Å². The molecule has 0 radical (unpaired) electrons. The number of piperazine rings is 1. The molecule has 3 heteroatoms. The smallest absolute Gasteiger partial charge is 0.0994 e. The Morgan fingerprint density at radius 2 is 2.00 bits per heavy atom. The number of rotatable bonds is 3. The molecule has 1 aromatic carbocycles. The Labute approximate surface area is 122 Å². The highest BCUT2D eigenvalue weighted by molar-refractivity contribution is 5.22. The lowest BCUT2D eigenvalue weighted by Crippen LogP contribution is -2.57. The van der Waals surface area contributed by atoms with Gasteiger partial charge < -0.3 is 5.11 Å². The zero-order chi connectivity index (χ0) is 14.2. The highest BCUT2D eigenvalue weighted by Gasteiger charge is 2.37. The number of fused-ring (bicyclic) bond motifs is 1. The third-order valence-corrected chi connectivity index (χ3v) is 4.97. The topological polar surface area (TPSA) is 26.7 Å². The summed E-state index contributed by atoms with van der Waals surface area (Å²) in [5.74, 6) is 0. The lowest BCUT2D eigenvalue weighted by Gasteiger charge is -2.44. The molecular weight excluding hydrogens is 248 g/mol. The van der Waals surface area contributed by atoms with Gasteiger partial charge in [0.2, 0.25) is 0 Å². The van der Waals surface area contributed by atoms with Crippen molar-refractivity contribution in [1.82, 2.24) is 9.80 Å². The Hall–Kier alpha value is -0.900. The van der Waals surface area contributed by atoms with Gasteiger partial charge in [0.25, 0.3) is 0 Å². The summed E-state index contributed by atoms with van der Waals surface area (Å²) in [5, 5.41) is 10.8. The van der Waals surface area contributed by atoms with Crippen molar-refractivity contribution in [2.75, 3.05) is 26.2 Å². The summed E-state index contributed by atoms with van der Waals surface area (Å²) in [6.45, 7) is 8.46. The second kappa shape index (κ2) is 5.47. The first-order valence-corrected chi connectivity index (χ1v) is 7.82. The maximum Gasteiger partial charge on any atom is 0.0994 e. The molecule has 0 bridgehead atoms. The molecular formula is C17H26N2O. The van der Waals surface area contributed by atoms with Crippen molar-refractivity contribution in [3.05, 3.63) is 35.9 Å². The molecule has 3 unspecified atom stereocenters. The Morgan fingerprint density at radius 3 is 2.75 bits per heavy atom. The highest BCUT2D eigenvalue weighted by Crippen LogP contribution is 2.28. The first-order valence-electron chi connectivity index (χ1n) is 7.82. The lowest BCUT2D eigenvalue weighted by atomic mass is 9.94. The molecule has 2 aliphatic heterocycles. The lowest BCUT2D eigenvalue weighted by molar-refractivity contribution is -0.0270. The van der Waals surface area contributed by atoms with Crippen LogP contribution in [0.5, 0.6) is 0 Å². The number of nitrogens with zero attached hydrogens (tertiary/aromatic N) is 2. The minimum atomic E-state index is -0.768. The molecule has 3 nitrogen and oxygen atoms in total.